The molecular weight excluding hydrogens is 244 g/mol. The summed E-state index contributed by atoms with van der Waals surface area (Å²) in [6.07, 6.45) is -0.536. The Kier molecular flexibility index (Phi) is 6.45. The summed E-state index contributed by atoms with van der Waals surface area (Å²) in [5, 5.41) is 18.8. The van der Waals surface area contributed by atoms with Crippen molar-refractivity contribution in [3.63, 3.8) is 0 Å². The molecule has 1 rings (SSSR count). The minimum atomic E-state index is -0.921. The zero-order chi connectivity index (χ0) is 14.3. The summed E-state index contributed by atoms with van der Waals surface area (Å²) >= 11 is 0. The van der Waals surface area contributed by atoms with Crippen LogP contribution in [0.4, 0.5) is 0 Å². The van der Waals surface area contributed by atoms with Gasteiger partial charge in [-0.3, -0.25) is 0 Å². The first kappa shape index (κ1) is 16.1. The first-order valence-corrected chi connectivity index (χ1v) is 6.69. The highest BCUT2D eigenvalue weighted by molar-refractivity contribution is 5.20. The predicted molar refractivity (Wildman–Crippen MR) is 73.7 cm³/mol. The lowest BCUT2D eigenvalue weighted by atomic mass is 10.0. The van der Waals surface area contributed by atoms with Crippen LogP contribution in [0.2, 0.25) is 0 Å². The molecule has 2 unspecified atom stereocenters. The smallest absolute Gasteiger partial charge is 0.194 e. The first-order valence-electron chi connectivity index (χ1n) is 6.69. The summed E-state index contributed by atoms with van der Waals surface area (Å²) in [4.78, 5) is 0. The van der Waals surface area contributed by atoms with Crippen molar-refractivity contribution < 1.29 is 19.7 Å². The molecular formula is C15H24O4. The maximum atomic E-state index is 9.41. The number of rotatable bonds is 8. The molecule has 4 heteroatoms. The van der Waals surface area contributed by atoms with E-state index in [1.54, 1.807) is 13.8 Å². The van der Waals surface area contributed by atoms with Gasteiger partial charge in [0.15, 0.2) is 5.79 Å². The third kappa shape index (κ3) is 4.91. The third-order valence-electron chi connectivity index (χ3n) is 2.79. The highest BCUT2D eigenvalue weighted by atomic mass is 16.7. The zero-order valence-electron chi connectivity index (χ0n) is 11.9. The Morgan fingerprint density at radius 2 is 1.47 bits per heavy atom. The van der Waals surface area contributed by atoms with Gasteiger partial charge in [0.1, 0.15) is 0 Å². The predicted octanol–water partition coefficient (Wildman–Crippen LogP) is 2.04. The number of benzene rings is 1. The van der Waals surface area contributed by atoms with E-state index >= 15 is 0 Å². The molecule has 0 aromatic heterocycles. The van der Waals surface area contributed by atoms with Crippen molar-refractivity contribution in [3.8, 4) is 0 Å². The molecule has 0 spiro atoms. The van der Waals surface area contributed by atoms with Crippen molar-refractivity contribution in [2.75, 3.05) is 13.2 Å². The van der Waals surface area contributed by atoms with E-state index in [1.807, 2.05) is 37.3 Å². The minimum absolute atomic E-state index is 0.183. The Morgan fingerprint density at radius 3 is 1.84 bits per heavy atom. The molecule has 1 aromatic rings. The molecule has 1 aromatic carbocycles. The zero-order valence-corrected chi connectivity index (χ0v) is 11.9. The third-order valence-corrected chi connectivity index (χ3v) is 2.79. The van der Waals surface area contributed by atoms with Gasteiger partial charge in [0.05, 0.1) is 25.4 Å². The van der Waals surface area contributed by atoms with Crippen LogP contribution in [0.5, 0.6) is 0 Å². The van der Waals surface area contributed by atoms with Crippen LogP contribution >= 0.6 is 0 Å². The van der Waals surface area contributed by atoms with Gasteiger partial charge in [-0.1, -0.05) is 37.3 Å². The van der Waals surface area contributed by atoms with E-state index in [1.165, 1.54) is 0 Å². The normalized spacial score (nSPS) is 17.7. The fourth-order valence-corrected chi connectivity index (χ4v) is 1.82. The van der Waals surface area contributed by atoms with Crippen LogP contribution in [0.3, 0.4) is 0 Å². The van der Waals surface area contributed by atoms with Crippen molar-refractivity contribution in [3.05, 3.63) is 35.9 Å². The van der Waals surface area contributed by atoms with Crippen molar-refractivity contribution in [1.29, 1.82) is 0 Å². The lowest BCUT2D eigenvalue weighted by Crippen LogP contribution is -2.37. The van der Waals surface area contributed by atoms with Crippen LogP contribution in [-0.2, 0) is 15.3 Å². The fraction of sp³-hybridized carbons (Fsp3) is 0.600. The monoisotopic (exact) mass is 268 g/mol. The maximum absolute atomic E-state index is 9.41. The Hall–Kier alpha value is -0.940. The van der Waals surface area contributed by atoms with Crippen LogP contribution in [0.1, 0.15) is 32.8 Å². The second kappa shape index (κ2) is 7.60. The Bertz CT molecular complexity index is 336. The van der Waals surface area contributed by atoms with Gasteiger partial charge >= 0.3 is 0 Å². The Balaban J connectivity index is 2.92. The van der Waals surface area contributed by atoms with Gasteiger partial charge in [-0.15, -0.1) is 0 Å². The standard InChI is InChI=1S/C15H24O4/c1-4-15(18-10-12(2)16,19-11-13(3)17)14-8-6-5-7-9-14/h5-9,12-13,16-17H,4,10-11H2,1-3H3. The van der Waals surface area contributed by atoms with Crippen molar-refractivity contribution in [2.45, 2.75) is 45.2 Å². The van der Waals surface area contributed by atoms with E-state index in [2.05, 4.69) is 0 Å². The molecule has 0 amide bonds. The summed E-state index contributed by atoms with van der Waals surface area (Å²) in [5.74, 6) is -0.921. The Labute approximate surface area is 115 Å². The van der Waals surface area contributed by atoms with Crippen molar-refractivity contribution >= 4 is 0 Å². The minimum Gasteiger partial charge on any atom is -0.391 e. The molecule has 0 bridgehead atoms. The molecule has 0 aliphatic heterocycles. The summed E-state index contributed by atoms with van der Waals surface area (Å²) in [7, 11) is 0. The van der Waals surface area contributed by atoms with Gasteiger partial charge in [0, 0.05) is 12.0 Å². The molecule has 0 heterocycles. The summed E-state index contributed by atoms with van der Waals surface area (Å²) in [6.45, 7) is 5.66. The van der Waals surface area contributed by atoms with Gasteiger partial charge in [-0.25, -0.2) is 0 Å². The lowest BCUT2D eigenvalue weighted by molar-refractivity contribution is -0.264. The number of ether oxygens (including phenoxy) is 2. The summed E-state index contributed by atoms with van der Waals surface area (Å²) in [5.41, 5.74) is 0.888. The topological polar surface area (TPSA) is 58.9 Å². The molecule has 4 nitrogen and oxygen atoms in total. The van der Waals surface area contributed by atoms with Gasteiger partial charge < -0.3 is 19.7 Å². The van der Waals surface area contributed by atoms with E-state index in [9.17, 15) is 10.2 Å². The van der Waals surface area contributed by atoms with E-state index in [4.69, 9.17) is 9.47 Å². The molecule has 0 aliphatic carbocycles. The first-order chi connectivity index (χ1) is 9.00. The van der Waals surface area contributed by atoms with Gasteiger partial charge in [-0.05, 0) is 13.8 Å². The molecule has 2 atom stereocenters. The Morgan fingerprint density at radius 1 is 1.00 bits per heavy atom. The highest BCUT2D eigenvalue weighted by Crippen LogP contribution is 2.31. The molecule has 0 saturated carbocycles. The van der Waals surface area contributed by atoms with Crippen LogP contribution in [0, 0.1) is 0 Å². The van der Waals surface area contributed by atoms with Crippen LogP contribution in [0.15, 0.2) is 30.3 Å². The fourth-order valence-electron chi connectivity index (χ4n) is 1.82. The largest absolute Gasteiger partial charge is 0.391 e. The number of hydrogen-bond acceptors (Lipinski definition) is 4. The molecule has 19 heavy (non-hydrogen) atoms. The molecule has 0 saturated heterocycles. The van der Waals surface area contributed by atoms with E-state index < -0.39 is 18.0 Å². The quantitative estimate of drug-likeness (QED) is 0.708. The second-order valence-corrected chi connectivity index (χ2v) is 4.79. The van der Waals surface area contributed by atoms with Crippen LogP contribution in [-0.4, -0.2) is 35.6 Å². The van der Waals surface area contributed by atoms with Crippen molar-refractivity contribution in [1.82, 2.24) is 0 Å². The van der Waals surface area contributed by atoms with E-state index in [0.29, 0.717) is 6.42 Å². The average molecular weight is 268 g/mol. The SMILES string of the molecule is CCC(OCC(C)O)(OCC(C)O)c1ccccc1. The summed E-state index contributed by atoms with van der Waals surface area (Å²) < 4.78 is 11.6. The molecule has 0 aliphatic rings. The summed E-state index contributed by atoms with van der Waals surface area (Å²) in [6, 6.07) is 9.60. The maximum Gasteiger partial charge on any atom is 0.194 e. The van der Waals surface area contributed by atoms with Gasteiger partial charge in [-0.2, -0.15) is 0 Å². The number of hydrogen-bond donors (Lipinski definition) is 2. The van der Waals surface area contributed by atoms with E-state index in [-0.39, 0.29) is 13.2 Å². The van der Waals surface area contributed by atoms with Gasteiger partial charge in [0.2, 0.25) is 0 Å². The van der Waals surface area contributed by atoms with Gasteiger partial charge in [0.25, 0.3) is 0 Å². The number of aliphatic hydroxyl groups excluding tert-OH is 2. The second-order valence-electron chi connectivity index (χ2n) is 4.79. The highest BCUT2D eigenvalue weighted by Gasteiger charge is 2.33. The lowest BCUT2D eigenvalue weighted by Gasteiger charge is -2.34. The molecule has 0 fully saturated rings. The number of aliphatic hydroxyl groups is 2. The average Bonchev–Trinajstić information content (AvgIpc) is 2.40. The molecule has 108 valence electrons. The molecule has 2 N–H and O–H groups in total. The van der Waals surface area contributed by atoms with Crippen molar-refractivity contribution in [2.24, 2.45) is 0 Å². The van der Waals surface area contributed by atoms with Crippen LogP contribution < -0.4 is 0 Å². The van der Waals surface area contributed by atoms with E-state index in [0.717, 1.165) is 5.56 Å². The molecule has 0 radical (unpaired) electrons. The van der Waals surface area contributed by atoms with Crippen LogP contribution in [0.25, 0.3) is 0 Å².